The minimum atomic E-state index is -2.28. The highest BCUT2D eigenvalue weighted by Crippen LogP contribution is 2.59. The van der Waals surface area contributed by atoms with Gasteiger partial charge in [-0.05, 0) is 147 Å². The van der Waals surface area contributed by atoms with Gasteiger partial charge in [-0.3, -0.25) is 14.4 Å². The number of nitrogens with one attached hydrogen (secondary N) is 1. The summed E-state index contributed by atoms with van der Waals surface area (Å²) in [5.74, 6) is -1.40. The molecule has 0 unspecified atom stereocenters. The first-order valence-electron chi connectivity index (χ1n) is 37.8. The van der Waals surface area contributed by atoms with Gasteiger partial charge in [-0.1, -0.05) is 106 Å². The Bertz CT molecular complexity index is 3120. The molecule has 0 radical (unpaired) electrons. The quantitative estimate of drug-likeness (QED) is 0.0555. The third kappa shape index (κ3) is 16.6. The van der Waals surface area contributed by atoms with Gasteiger partial charge in [0.2, 0.25) is 0 Å². The number of alkyl carbamates (subject to hydrolysis) is 1. The molecule has 12 fully saturated rings. The van der Waals surface area contributed by atoms with E-state index in [1.807, 2.05) is 38.1 Å². The van der Waals surface area contributed by atoms with Crippen molar-refractivity contribution in [1.82, 2.24) is 5.32 Å². The molecule has 12 saturated heterocycles. The minimum absolute atomic E-state index is 0.0169. The smallest absolute Gasteiger partial charge is 0.407 e. The van der Waals surface area contributed by atoms with Gasteiger partial charge in [-0.25, -0.2) is 4.79 Å². The molecule has 28 atom stereocenters. The average Bonchev–Trinajstić information content (AvgIpc) is 1.52. The standard InChI is InChI=1S/C79H117NO19Si/c1-17-30-86-76(84)80-41-66-47(6)36-65(98-100(15,16)77(10,11)12)69(93-66)48(7)32-53(82)31-44(3)58(87-42-51-18-21-54(85-14)22-19-51)25-20-52(81)37-61-46(5)35-63-70(92-61)50(9)71-64(91-63)39-62-49(8)43(2)33-55(89-62)23-26-59-45(4)34-57(88-59)28-29-79-40-67-78(13,99-79)75-74(95-67)73(97-79)72-60(94-75)27-24-56(90-72)38-68(83)96-71/h17-22,25,43-44,46-48,50,55-67,69-75H,1,4,8,23-24,26-42H2,2-3,5-7,9-16H3,(H,80,84)/b25-20+/t43-,44+,46-,47-,48+,50+,55+,56-,57+,58-,59+,60+,61-,62-,63+,64+,65+,66-,67-,69+,70+,71-,72+,73+,74+,75-,78+,79-/m1/s1. The Morgan fingerprint density at radius 3 is 2.25 bits per heavy atom. The lowest BCUT2D eigenvalue weighted by Crippen LogP contribution is -2.63. The molecular weight excluding hydrogens is 1290 g/mol. The zero-order valence-corrected chi connectivity index (χ0v) is 62.9. The van der Waals surface area contributed by atoms with Gasteiger partial charge in [0.05, 0.1) is 112 Å². The molecule has 13 rings (SSSR count). The molecule has 556 valence electrons. The monoisotopic (exact) mass is 1410 g/mol. The Morgan fingerprint density at radius 2 is 1.50 bits per heavy atom. The van der Waals surface area contributed by atoms with Gasteiger partial charge in [0, 0.05) is 51.0 Å². The van der Waals surface area contributed by atoms with E-state index >= 15 is 0 Å². The third-order valence-corrected chi connectivity index (χ3v) is 29.4. The molecule has 0 saturated carbocycles. The molecule has 0 aromatic heterocycles. The van der Waals surface area contributed by atoms with E-state index in [4.69, 9.17) is 70.7 Å². The van der Waals surface area contributed by atoms with E-state index in [0.717, 1.165) is 54.6 Å². The molecule has 12 heterocycles. The van der Waals surface area contributed by atoms with Crippen LogP contribution in [0.5, 0.6) is 5.75 Å². The summed E-state index contributed by atoms with van der Waals surface area (Å²) in [6.07, 6.45) is 5.85. The van der Waals surface area contributed by atoms with E-state index in [1.54, 1.807) is 19.3 Å². The number of hydrogen-bond donors (Lipinski definition) is 1. The van der Waals surface area contributed by atoms with Gasteiger partial charge in [-0.2, -0.15) is 0 Å². The van der Waals surface area contributed by atoms with E-state index in [0.29, 0.717) is 44.9 Å². The average molecular weight is 1410 g/mol. The van der Waals surface area contributed by atoms with Crippen LogP contribution in [0.1, 0.15) is 178 Å². The second-order valence-electron chi connectivity index (χ2n) is 33.6. The van der Waals surface area contributed by atoms with Gasteiger partial charge in [-0.15, -0.1) is 0 Å². The summed E-state index contributed by atoms with van der Waals surface area (Å²) in [7, 11) is -0.657. The van der Waals surface area contributed by atoms with Crippen LogP contribution in [0.2, 0.25) is 18.1 Å². The van der Waals surface area contributed by atoms with Gasteiger partial charge in [0.1, 0.15) is 54.3 Å². The largest absolute Gasteiger partial charge is 0.497 e. The van der Waals surface area contributed by atoms with Gasteiger partial charge in [0.25, 0.3) is 0 Å². The number of methoxy groups -OCH3 is 1. The normalized spacial score (nSPS) is 41.4. The van der Waals surface area contributed by atoms with Crippen LogP contribution in [0.15, 0.2) is 73.4 Å². The lowest BCUT2D eigenvalue weighted by molar-refractivity contribution is -0.297. The van der Waals surface area contributed by atoms with Crippen molar-refractivity contribution in [2.45, 2.75) is 330 Å². The molecule has 12 bridgehead atoms. The van der Waals surface area contributed by atoms with E-state index in [1.165, 1.54) is 6.08 Å². The number of allylic oxidation sites excluding steroid dienone is 1. The number of amides is 1. The van der Waals surface area contributed by atoms with E-state index in [2.05, 4.69) is 93.5 Å². The highest BCUT2D eigenvalue weighted by Gasteiger charge is 2.74. The number of hydrogen-bond acceptors (Lipinski definition) is 19. The number of ether oxygens (including phenoxy) is 14. The van der Waals surface area contributed by atoms with Crippen LogP contribution >= 0.6 is 0 Å². The molecule has 1 N–H and O–H groups in total. The first-order chi connectivity index (χ1) is 47.5. The van der Waals surface area contributed by atoms with Crippen LogP contribution in [0.3, 0.4) is 0 Å². The van der Waals surface area contributed by atoms with Crippen molar-refractivity contribution < 1.29 is 89.9 Å². The molecule has 12 aliphatic rings. The van der Waals surface area contributed by atoms with E-state index in [-0.39, 0.29) is 165 Å². The zero-order valence-electron chi connectivity index (χ0n) is 61.9. The summed E-state index contributed by atoms with van der Waals surface area (Å²) in [5.41, 5.74) is 2.35. The minimum Gasteiger partial charge on any atom is -0.497 e. The van der Waals surface area contributed by atoms with Crippen molar-refractivity contribution in [2.75, 3.05) is 20.3 Å². The Balaban J connectivity index is 0.733. The first-order valence-corrected chi connectivity index (χ1v) is 40.7. The SMILES string of the molecule is C=CCOC(=O)NC[C@H]1O[C@@H]([C@@H](C)CC(=O)C[C@H](C)[C@@H](/C=C/C(=O)C[C@H]2O[C@H]3[C@H](C)[C@H]4OC(=O)C[C@H]5CC[C@@H]6O[C@@H]7[C@H]8O[C@@H]9C[C@](CC[C@H]%10CC(=C)[C@H](CC[C@H]%11C[C@@H](C)C(=C)[C@@H](C[C@@H]4O[C@H]3C[C@H]2C)O%11)O%10)(O[C@H]8[C@H]6O5)O[C@]79C)OCc2ccc(OC)cc2)[C@@H](O[Si](C)(C)C(C)(C)C)C[C@H]1C. The van der Waals surface area contributed by atoms with Crippen molar-refractivity contribution in [3.63, 3.8) is 0 Å². The maximum Gasteiger partial charge on any atom is 0.407 e. The maximum absolute atomic E-state index is 14.7. The molecule has 1 aromatic rings. The van der Waals surface area contributed by atoms with Crippen LogP contribution in [0, 0.1) is 35.5 Å². The summed E-state index contributed by atoms with van der Waals surface area (Å²) < 4.78 is 101. The third-order valence-electron chi connectivity index (χ3n) is 24.9. The number of carbonyl (C=O) groups is 4. The zero-order chi connectivity index (χ0) is 71.3. The molecule has 1 spiro atoms. The van der Waals surface area contributed by atoms with E-state index in [9.17, 15) is 19.2 Å². The maximum atomic E-state index is 14.7. The number of esters is 1. The van der Waals surface area contributed by atoms with Crippen LogP contribution in [0.25, 0.3) is 0 Å². The number of ketones is 2. The lowest BCUT2D eigenvalue weighted by Gasteiger charge is -2.51. The molecule has 12 aliphatic heterocycles. The molecule has 21 heteroatoms. The molecule has 1 aromatic carbocycles. The number of rotatable bonds is 20. The summed E-state index contributed by atoms with van der Waals surface area (Å²) in [4.78, 5) is 56.3. The lowest BCUT2D eigenvalue weighted by atomic mass is 9.77. The molecular formula is C79H117NO19Si. The Kier molecular flexibility index (Phi) is 23.5. The second kappa shape index (κ2) is 31.1. The number of benzene rings is 1. The van der Waals surface area contributed by atoms with Gasteiger partial charge in [0.15, 0.2) is 19.9 Å². The summed E-state index contributed by atoms with van der Waals surface area (Å²) >= 11 is 0. The van der Waals surface area contributed by atoms with Crippen molar-refractivity contribution in [3.05, 3.63) is 78.9 Å². The fourth-order valence-electron chi connectivity index (χ4n) is 18.0. The van der Waals surface area contributed by atoms with Crippen LogP contribution < -0.4 is 10.1 Å². The summed E-state index contributed by atoms with van der Waals surface area (Å²) in [6.45, 7) is 39.1. The molecule has 1 amide bonds. The number of carbonyl (C=O) groups excluding carboxylic acids is 4. The highest BCUT2D eigenvalue weighted by molar-refractivity contribution is 6.74. The van der Waals surface area contributed by atoms with Gasteiger partial charge >= 0.3 is 12.1 Å². The number of fused-ring (bicyclic) bond motifs is 7. The fraction of sp³-hybridized carbons (Fsp3) is 0.772. The van der Waals surface area contributed by atoms with Crippen molar-refractivity contribution in [1.29, 1.82) is 0 Å². The van der Waals surface area contributed by atoms with Crippen LogP contribution in [-0.4, -0.2) is 186 Å². The second-order valence-corrected chi connectivity index (χ2v) is 38.3. The van der Waals surface area contributed by atoms with Crippen molar-refractivity contribution in [3.8, 4) is 5.75 Å². The van der Waals surface area contributed by atoms with E-state index < -0.39 is 86.7 Å². The van der Waals surface area contributed by atoms with Crippen molar-refractivity contribution in [2.24, 2.45) is 35.5 Å². The highest BCUT2D eigenvalue weighted by atomic mass is 28.4. The predicted octanol–water partition coefficient (Wildman–Crippen LogP) is 12.7. The van der Waals surface area contributed by atoms with Crippen LogP contribution in [-0.2, 0) is 87.0 Å². The first kappa shape index (κ1) is 75.5. The number of Topliss-reactive ketones (excluding diaryl/α,β-unsaturated/α-hetero) is 1. The Labute approximate surface area is 595 Å². The van der Waals surface area contributed by atoms with Crippen LogP contribution in [0.4, 0.5) is 4.79 Å². The van der Waals surface area contributed by atoms with Crippen molar-refractivity contribution >= 4 is 31.9 Å². The predicted molar refractivity (Wildman–Crippen MR) is 376 cm³/mol. The topological polar surface area (TPSA) is 219 Å². The Morgan fingerprint density at radius 1 is 0.770 bits per heavy atom. The molecule has 0 aliphatic carbocycles. The molecule has 100 heavy (non-hydrogen) atoms. The summed E-state index contributed by atoms with van der Waals surface area (Å²) in [6, 6.07) is 7.64. The fourth-order valence-corrected chi connectivity index (χ4v) is 19.3. The summed E-state index contributed by atoms with van der Waals surface area (Å²) in [5, 5.41) is 2.80. The Hall–Kier alpha value is -4.20. The van der Waals surface area contributed by atoms with Gasteiger partial charge < -0.3 is 76.1 Å². The molecule has 20 nitrogen and oxygen atoms in total.